The summed E-state index contributed by atoms with van der Waals surface area (Å²) in [4.78, 5) is 12.5. The summed E-state index contributed by atoms with van der Waals surface area (Å²) in [6.45, 7) is 7.87. The number of carbonyl (C=O) groups excluding carboxylic acids is 1. The van der Waals surface area contributed by atoms with Crippen molar-refractivity contribution in [3.05, 3.63) is 59.2 Å². The molecule has 0 aliphatic rings. The fraction of sp³-hybridized carbons (Fsp3) is 0.250. The first-order valence-electron chi connectivity index (χ1n) is 8.42. The SMILES string of the molecule is Cc1ccc(C)c(-c2nonc2NC(=O)c2ccc(OC(C)C)cc2)c1. The number of rotatable bonds is 5. The van der Waals surface area contributed by atoms with Crippen molar-refractivity contribution < 1.29 is 14.2 Å². The van der Waals surface area contributed by atoms with Gasteiger partial charge in [0, 0.05) is 11.1 Å². The Hall–Kier alpha value is -3.15. The van der Waals surface area contributed by atoms with Crippen LogP contribution in [0, 0.1) is 13.8 Å². The van der Waals surface area contributed by atoms with E-state index >= 15 is 0 Å². The number of anilines is 1. The predicted molar refractivity (Wildman–Crippen MR) is 99.4 cm³/mol. The Balaban J connectivity index is 1.81. The molecule has 1 amide bonds. The molecular weight excluding hydrogens is 330 g/mol. The van der Waals surface area contributed by atoms with Crippen molar-refractivity contribution >= 4 is 11.7 Å². The first kappa shape index (κ1) is 17.7. The molecular formula is C20H21N3O3. The van der Waals surface area contributed by atoms with E-state index in [1.807, 2.05) is 45.9 Å². The first-order valence-corrected chi connectivity index (χ1v) is 8.42. The summed E-state index contributed by atoms with van der Waals surface area (Å²) < 4.78 is 10.4. The molecule has 0 fully saturated rings. The molecule has 0 spiro atoms. The fourth-order valence-corrected chi connectivity index (χ4v) is 2.58. The van der Waals surface area contributed by atoms with E-state index in [1.54, 1.807) is 24.3 Å². The molecule has 0 bridgehead atoms. The zero-order valence-corrected chi connectivity index (χ0v) is 15.2. The van der Waals surface area contributed by atoms with Crippen molar-refractivity contribution in [1.29, 1.82) is 0 Å². The molecule has 3 rings (SSSR count). The zero-order valence-electron chi connectivity index (χ0n) is 15.2. The maximum atomic E-state index is 12.5. The van der Waals surface area contributed by atoms with Crippen molar-refractivity contribution in [2.24, 2.45) is 0 Å². The van der Waals surface area contributed by atoms with Gasteiger partial charge >= 0.3 is 0 Å². The molecule has 1 aromatic heterocycles. The van der Waals surface area contributed by atoms with Gasteiger partial charge < -0.3 is 10.1 Å². The Morgan fingerprint density at radius 1 is 1.08 bits per heavy atom. The monoisotopic (exact) mass is 351 g/mol. The predicted octanol–water partition coefficient (Wildman–Crippen LogP) is 4.39. The number of nitrogens with one attached hydrogen (secondary N) is 1. The second kappa shape index (κ2) is 7.39. The van der Waals surface area contributed by atoms with Crippen LogP contribution >= 0.6 is 0 Å². The highest BCUT2D eigenvalue weighted by Gasteiger charge is 2.18. The van der Waals surface area contributed by atoms with Crippen LogP contribution in [0.2, 0.25) is 0 Å². The van der Waals surface area contributed by atoms with Gasteiger partial charge in [-0.25, -0.2) is 4.63 Å². The summed E-state index contributed by atoms with van der Waals surface area (Å²) >= 11 is 0. The number of carbonyl (C=O) groups is 1. The average molecular weight is 351 g/mol. The topological polar surface area (TPSA) is 77.3 Å². The normalized spacial score (nSPS) is 10.8. The van der Waals surface area contributed by atoms with Crippen molar-refractivity contribution in [1.82, 2.24) is 10.3 Å². The van der Waals surface area contributed by atoms with Crippen LogP contribution in [0.1, 0.15) is 35.3 Å². The second-order valence-electron chi connectivity index (χ2n) is 6.42. The molecule has 1 N–H and O–H groups in total. The van der Waals surface area contributed by atoms with Gasteiger partial charge in [0.15, 0.2) is 5.69 Å². The summed E-state index contributed by atoms with van der Waals surface area (Å²) in [7, 11) is 0. The number of aromatic nitrogens is 2. The molecule has 0 radical (unpaired) electrons. The van der Waals surface area contributed by atoms with Crippen molar-refractivity contribution in [3.63, 3.8) is 0 Å². The molecule has 0 unspecified atom stereocenters. The van der Waals surface area contributed by atoms with Crippen molar-refractivity contribution in [2.45, 2.75) is 33.8 Å². The van der Waals surface area contributed by atoms with Gasteiger partial charge in [0.1, 0.15) is 5.75 Å². The molecule has 2 aromatic carbocycles. The lowest BCUT2D eigenvalue weighted by atomic mass is 10.0. The van der Waals surface area contributed by atoms with Crippen molar-refractivity contribution in [3.8, 4) is 17.0 Å². The molecule has 0 saturated heterocycles. The Labute approximate surface area is 152 Å². The van der Waals surface area contributed by atoms with Gasteiger partial charge in [-0.05, 0) is 73.9 Å². The maximum absolute atomic E-state index is 12.5. The van der Waals surface area contributed by atoms with Crippen LogP contribution < -0.4 is 10.1 Å². The Kier molecular flexibility index (Phi) is 5.02. The van der Waals surface area contributed by atoms with Crippen LogP contribution in [0.3, 0.4) is 0 Å². The van der Waals surface area contributed by atoms with Crippen LogP contribution in [-0.4, -0.2) is 22.3 Å². The minimum atomic E-state index is -0.289. The highest BCUT2D eigenvalue weighted by Crippen LogP contribution is 2.28. The van der Waals surface area contributed by atoms with E-state index in [9.17, 15) is 4.79 Å². The number of aryl methyl sites for hydroxylation is 2. The Morgan fingerprint density at radius 2 is 1.81 bits per heavy atom. The van der Waals surface area contributed by atoms with Gasteiger partial charge in [-0.2, -0.15) is 0 Å². The molecule has 0 saturated carbocycles. The van der Waals surface area contributed by atoms with Crippen LogP contribution in [0.5, 0.6) is 5.75 Å². The second-order valence-corrected chi connectivity index (χ2v) is 6.42. The van der Waals surface area contributed by atoms with E-state index < -0.39 is 0 Å². The van der Waals surface area contributed by atoms with Crippen LogP contribution in [0.15, 0.2) is 47.1 Å². The lowest BCUT2D eigenvalue weighted by Crippen LogP contribution is -2.13. The highest BCUT2D eigenvalue weighted by atomic mass is 16.6. The van der Waals surface area contributed by atoms with Gasteiger partial charge in [0.05, 0.1) is 6.10 Å². The Morgan fingerprint density at radius 3 is 2.50 bits per heavy atom. The van der Waals surface area contributed by atoms with Crippen LogP contribution in [0.4, 0.5) is 5.82 Å². The van der Waals surface area contributed by atoms with E-state index in [1.165, 1.54) is 0 Å². The van der Waals surface area contributed by atoms with E-state index in [0.29, 0.717) is 17.1 Å². The lowest BCUT2D eigenvalue weighted by Gasteiger charge is -2.10. The maximum Gasteiger partial charge on any atom is 0.256 e. The molecule has 0 aliphatic heterocycles. The van der Waals surface area contributed by atoms with Crippen molar-refractivity contribution in [2.75, 3.05) is 5.32 Å². The number of nitrogens with zero attached hydrogens (tertiary/aromatic N) is 2. The van der Waals surface area contributed by atoms with Gasteiger partial charge in [-0.1, -0.05) is 17.7 Å². The molecule has 1 heterocycles. The van der Waals surface area contributed by atoms with E-state index in [0.717, 1.165) is 22.4 Å². The number of ether oxygens (including phenoxy) is 1. The van der Waals surface area contributed by atoms with E-state index in [4.69, 9.17) is 9.37 Å². The third kappa shape index (κ3) is 3.91. The van der Waals surface area contributed by atoms with Crippen LogP contribution in [-0.2, 0) is 0 Å². The zero-order chi connectivity index (χ0) is 18.7. The smallest absolute Gasteiger partial charge is 0.256 e. The highest BCUT2D eigenvalue weighted by molar-refractivity contribution is 6.05. The number of hydrogen-bond donors (Lipinski definition) is 1. The molecule has 0 aliphatic carbocycles. The molecule has 6 heteroatoms. The third-order valence-corrected chi connectivity index (χ3v) is 3.86. The first-order chi connectivity index (χ1) is 12.4. The molecule has 6 nitrogen and oxygen atoms in total. The van der Waals surface area contributed by atoms with E-state index in [2.05, 4.69) is 15.6 Å². The Bertz CT molecular complexity index is 914. The average Bonchev–Trinajstić information content (AvgIpc) is 3.05. The molecule has 134 valence electrons. The standard InChI is InChI=1S/C20H21N3O3/c1-12(2)25-16-9-7-15(8-10-16)20(24)21-19-18(22-26-23-19)17-11-13(3)5-6-14(17)4/h5-12H,1-4H3,(H,21,23,24). The van der Waals surface area contributed by atoms with E-state index in [-0.39, 0.29) is 12.0 Å². The third-order valence-electron chi connectivity index (χ3n) is 3.86. The van der Waals surface area contributed by atoms with Gasteiger partial charge in [-0.3, -0.25) is 4.79 Å². The molecule has 0 atom stereocenters. The van der Waals surface area contributed by atoms with Gasteiger partial charge in [0.25, 0.3) is 5.91 Å². The van der Waals surface area contributed by atoms with Gasteiger partial charge in [0.2, 0.25) is 5.82 Å². The summed E-state index contributed by atoms with van der Waals surface area (Å²) in [5.41, 5.74) is 4.00. The molecule has 3 aromatic rings. The summed E-state index contributed by atoms with van der Waals surface area (Å²) in [6, 6.07) is 13.0. The van der Waals surface area contributed by atoms with Gasteiger partial charge in [-0.15, -0.1) is 0 Å². The molecule has 26 heavy (non-hydrogen) atoms. The summed E-state index contributed by atoms with van der Waals surface area (Å²) in [5.74, 6) is 0.727. The number of hydrogen-bond acceptors (Lipinski definition) is 5. The minimum absolute atomic E-state index is 0.0796. The number of amides is 1. The summed E-state index contributed by atoms with van der Waals surface area (Å²) in [6.07, 6.45) is 0.0796. The largest absolute Gasteiger partial charge is 0.491 e. The van der Waals surface area contributed by atoms with Crippen LogP contribution in [0.25, 0.3) is 11.3 Å². The minimum Gasteiger partial charge on any atom is -0.491 e. The number of benzene rings is 2. The summed E-state index contributed by atoms with van der Waals surface area (Å²) in [5, 5.41) is 10.6. The fourth-order valence-electron chi connectivity index (χ4n) is 2.58. The lowest BCUT2D eigenvalue weighted by molar-refractivity contribution is 0.102. The quantitative estimate of drug-likeness (QED) is 0.737.